The lowest BCUT2D eigenvalue weighted by Gasteiger charge is -2.26. The number of terminal acetylenes is 1. The van der Waals surface area contributed by atoms with Gasteiger partial charge < -0.3 is 15.5 Å². The van der Waals surface area contributed by atoms with Crippen LogP contribution in [0, 0.1) is 32.1 Å². The molecule has 2 N–H and O–H groups in total. The number of carbonyl (C=O) groups is 4. The van der Waals surface area contributed by atoms with Gasteiger partial charge in [-0.2, -0.15) is 4.31 Å². The minimum absolute atomic E-state index is 0.0145. The summed E-state index contributed by atoms with van der Waals surface area (Å²) >= 11 is 5.15. The maximum atomic E-state index is 13.2. The molecule has 0 spiro atoms. The van der Waals surface area contributed by atoms with Gasteiger partial charge in [0.05, 0.1) is 28.4 Å². The summed E-state index contributed by atoms with van der Waals surface area (Å²) in [6, 6.07) is 26.7. The lowest BCUT2D eigenvalue weighted by molar-refractivity contribution is -0.126. The van der Waals surface area contributed by atoms with Crippen LogP contribution in [0.4, 0.5) is 0 Å². The standard InChI is InChI=1S/C25H29N3O4S.C15H21NO.C7H4Cl2O3S.C3H8/c1-5-15-27(4)33(31,32)22-9-6-8-21(17-22)25(30)28-16-7-10-23(28)24(29)26-19(3)20-13-11-18(2)12-14-20;1-11-7-9-13(10-8-11)12(2)16-15(17)14-5-3-4-6-14;8-7(10)5-2-1-3-6(4-5)13(9,11)12;1-3-2/h1,6,8-9,11-14,17,19,23H,7,10,15-16H2,2-4H3,(H,26,29);7-10,12,14H,3-6H2,1-2H3,(H,16,17);1-4H;3H2,1-2H3/t19-,23-;12-;;/m11../s1. The van der Waals surface area contributed by atoms with E-state index in [1.54, 1.807) is 6.07 Å². The van der Waals surface area contributed by atoms with E-state index in [-0.39, 0.29) is 63.2 Å². The highest BCUT2D eigenvalue weighted by atomic mass is 35.7. The number of likely N-dealkylation sites (tertiary alicyclic amines) is 1. The van der Waals surface area contributed by atoms with E-state index in [1.165, 1.54) is 78.7 Å². The van der Waals surface area contributed by atoms with Crippen LogP contribution in [0.2, 0.25) is 0 Å². The van der Waals surface area contributed by atoms with Crippen LogP contribution in [-0.2, 0) is 28.7 Å². The van der Waals surface area contributed by atoms with Gasteiger partial charge in [0.2, 0.25) is 21.8 Å². The third kappa shape index (κ3) is 16.7. The molecule has 2 aliphatic rings. The molecule has 1 saturated carbocycles. The van der Waals surface area contributed by atoms with Gasteiger partial charge in [-0.05, 0) is 106 Å². The number of hydrogen-bond acceptors (Lipinski definition) is 8. The Kier molecular flexibility index (Phi) is 22.1. The smallest absolute Gasteiger partial charge is 0.261 e. The fourth-order valence-corrected chi connectivity index (χ4v) is 9.15. The van der Waals surface area contributed by atoms with Crippen molar-refractivity contribution in [3.8, 4) is 12.3 Å². The molecule has 3 amide bonds. The van der Waals surface area contributed by atoms with E-state index >= 15 is 0 Å². The topological polar surface area (TPSA) is 167 Å². The summed E-state index contributed by atoms with van der Waals surface area (Å²) in [5, 5.41) is 5.40. The molecule has 356 valence electrons. The number of amides is 3. The summed E-state index contributed by atoms with van der Waals surface area (Å²) in [7, 11) is -1.18. The molecule has 1 heterocycles. The number of halogens is 2. The molecule has 6 rings (SSSR count). The van der Waals surface area contributed by atoms with E-state index < -0.39 is 30.4 Å². The molecule has 3 atom stereocenters. The zero-order valence-electron chi connectivity index (χ0n) is 38.7. The van der Waals surface area contributed by atoms with E-state index in [4.69, 9.17) is 28.7 Å². The quantitative estimate of drug-likeness (QED) is 0.105. The number of hydrogen-bond donors (Lipinski definition) is 2. The summed E-state index contributed by atoms with van der Waals surface area (Å²) in [6.45, 7) is 12.6. The van der Waals surface area contributed by atoms with E-state index in [0.29, 0.717) is 19.4 Å². The van der Waals surface area contributed by atoms with Gasteiger partial charge in [0.25, 0.3) is 20.2 Å². The van der Waals surface area contributed by atoms with Crippen molar-refractivity contribution >= 4 is 64.3 Å². The van der Waals surface area contributed by atoms with Gasteiger partial charge in [-0.1, -0.05) is 117 Å². The first-order chi connectivity index (χ1) is 31.1. The summed E-state index contributed by atoms with van der Waals surface area (Å²) in [4.78, 5) is 50.2. The highest BCUT2D eigenvalue weighted by Crippen LogP contribution is 2.27. The van der Waals surface area contributed by atoms with Crippen LogP contribution in [0.25, 0.3) is 0 Å². The highest BCUT2D eigenvalue weighted by Gasteiger charge is 2.35. The second-order valence-corrected chi connectivity index (χ2v) is 21.3. The molecule has 0 radical (unpaired) electrons. The number of sulfonamides is 1. The van der Waals surface area contributed by atoms with Crippen molar-refractivity contribution in [1.29, 1.82) is 0 Å². The molecule has 0 aromatic heterocycles. The van der Waals surface area contributed by atoms with E-state index in [1.807, 2.05) is 38.1 Å². The fraction of sp³-hybridized carbons (Fsp3) is 0.400. The molecule has 1 aliphatic carbocycles. The van der Waals surface area contributed by atoms with Crippen LogP contribution in [0.1, 0.15) is 128 Å². The first-order valence-corrected chi connectivity index (χ1v) is 26.1. The maximum Gasteiger partial charge on any atom is 0.261 e. The molecule has 2 fully saturated rings. The van der Waals surface area contributed by atoms with Crippen molar-refractivity contribution < 1.29 is 36.0 Å². The van der Waals surface area contributed by atoms with Crippen LogP contribution in [-0.4, -0.2) is 75.2 Å². The predicted octanol–water partition coefficient (Wildman–Crippen LogP) is 9.50. The lowest BCUT2D eigenvalue weighted by atomic mass is 10.0. The average Bonchev–Trinajstić information content (AvgIpc) is 4.02. The van der Waals surface area contributed by atoms with Gasteiger partial charge in [-0.25, -0.2) is 16.8 Å². The van der Waals surface area contributed by atoms with Crippen molar-refractivity contribution in [1.82, 2.24) is 19.8 Å². The molecule has 66 heavy (non-hydrogen) atoms. The lowest BCUT2D eigenvalue weighted by Crippen LogP contribution is -2.46. The van der Waals surface area contributed by atoms with Crippen LogP contribution >= 0.6 is 22.3 Å². The molecule has 0 bridgehead atoms. The maximum absolute atomic E-state index is 13.2. The molecule has 16 heteroatoms. The first kappa shape index (κ1) is 55.3. The average molecular weight is 982 g/mol. The van der Waals surface area contributed by atoms with Crippen molar-refractivity contribution in [2.45, 2.75) is 114 Å². The summed E-state index contributed by atoms with van der Waals surface area (Å²) in [5.41, 5.74) is 4.88. The number of aryl methyl sites for hydroxylation is 2. The fourth-order valence-electron chi connectivity index (χ4n) is 7.11. The van der Waals surface area contributed by atoms with E-state index in [2.05, 4.69) is 68.5 Å². The summed E-state index contributed by atoms with van der Waals surface area (Å²) in [5.74, 6) is 2.20. The Morgan fingerprint density at radius 3 is 1.70 bits per heavy atom. The van der Waals surface area contributed by atoms with Crippen LogP contribution in [0.15, 0.2) is 107 Å². The van der Waals surface area contributed by atoms with Crippen molar-refractivity contribution in [3.63, 3.8) is 0 Å². The third-order valence-corrected chi connectivity index (χ3v) is 14.2. The van der Waals surface area contributed by atoms with Crippen LogP contribution in [0.3, 0.4) is 0 Å². The Morgan fingerprint density at radius 1 is 0.742 bits per heavy atom. The second-order valence-electron chi connectivity index (χ2n) is 16.4. The Hall–Kier alpha value is -5.04. The third-order valence-electron chi connectivity index (χ3n) is 10.9. The van der Waals surface area contributed by atoms with E-state index in [0.717, 1.165) is 34.3 Å². The predicted molar refractivity (Wildman–Crippen MR) is 262 cm³/mol. The van der Waals surface area contributed by atoms with Crippen molar-refractivity contribution in [3.05, 3.63) is 130 Å². The minimum atomic E-state index is -3.82. The summed E-state index contributed by atoms with van der Waals surface area (Å²) in [6.07, 6.45) is 12.3. The van der Waals surface area contributed by atoms with E-state index in [9.17, 15) is 36.0 Å². The molecule has 4 aromatic carbocycles. The highest BCUT2D eigenvalue weighted by molar-refractivity contribution is 8.13. The number of nitrogens with zero attached hydrogens (tertiary/aromatic N) is 2. The molecule has 1 aliphatic heterocycles. The first-order valence-electron chi connectivity index (χ1n) is 21.9. The normalized spacial score (nSPS) is 15.6. The summed E-state index contributed by atoms with van der Waals surface area (Å²) < 4.78 is 48.1. The Labute approximate surface area is 401 Å². The van der Waals surface area contributed by atoms with Crippen molar-refractivity contribution in [2.24, 2.45) is 5.92 Å². The molecular weight excluding hydrogens is 920 g/mol. The number of carbonyl (C=O) groups excluding carboxylic acids is 4. The number of benzene rings is 4. The second kappa shape index (κ2) is 26.3. The number of rotatable bonds is 12. The van der Waals surface area contributed by atoms with Crippen molar-refractivity contribution in [2.75, 3.05) is 20.1 Å². The van der Waals surface area contributed by atoms with Crippen LogP contribution < -0.4 is 10.6 Å². The van der Waals surface area contributed by atoms with Crippen LogP contribution in [0.5, 0.6) is 0 Å². The Morgan fingerprint density at radius 2 is 1.21 bits per heavy atom. The molecule has 4 aromatic rings. The van der Waals surface area contributed by atoms with Gasteiger partial charge >= 0.3 is 0 Å². The van der Waals surface area contributed by atoms with Gasteiger partial charge in [-0.15, -0.1) is 6.42 Å². The molecule has 12 nitrogen and oxygen atoms in total. The largest absolute Gasteiger partial charge is 0.349 e. The van der Waals surface area contributed by atoms with Gasteiger partial charge in [0.15, 0.2) is 0 Å². The number of nitrogens with one attached hydrogen (secondary N) is 2. The Balaban J connectivity index is 0.000000290. The zero-order chi connectivity index (χ0) is 49.2. The molecule has 1 saturated heterocycles. The Bertz CT molecular complexity index is 2520. The molecule has 0 unspecified atom stereocenters. The van der Waals surface area contributed by atoms with Gasteiger partial charge in [-0.3, -0.25) is 19.2 Å². The minimum Gasteiger partial charge on any atom is -0.349 e. The molecular formula is C50H62Cl2N4O8S2. The SMILES string of the molecule is C#CCN(C)S(=O)(=O)c1cccc(C(=O)N2CCC[C@@H]2C(=O)N[C@H](C)c2ccc(C)cc2)c1.CCC.Cc1ccc([C@@H](C)NC(=O)C2CCCC2)cc1.O=C(Cl)c1cccc(S(=O)(=O)Cl)c1. The van der Waals surface area contributed by atoms with Gasteiger partial charge in [0, 0.05) is 41.3 Å². The zero-order valence-corrected chi connectivity index (χ0v) is 41.9. The monoisotopic (exact) mass is 980 g/mol. The van der Waals surface area contributed by atoms with Gasteiger partial charge in [0.1, 0.15) is 6.04 Å².